The first-order chi connectivity index (χ1) is 11.5. The third kappa shape index (κ3) is 3.84. The van der Waals surface area contributed by atoms with Gasteiger partial charge in [0.15, 0.2) is 5.58 Å². The van der Waals surface area contributed by atoms with E-state index in [0.717, 1.165) is 11.8 Å². The molecule has 1 N–H and O–H groups in total. The molecule has 1 aromatic heterocycles. The highest BCUT2D eigenvalue weighted by Crippen LogP contribution is 2.26. The maximum Gasteiger partial charge on any atom is 0.271 e. The average molecular weight is 364 g/mol. The topological polar surface area (TPSA) is 98.3 Å². The average Bonchev–Trinajstić information content (AvgIpc) is 2.97. The van der Waals surface area contributed by atoms with Gasteiger partial charge < -0.3 is 9.73 Å². The lowest BCUT2D eigenvalue weighted by atomic mass is 10.3. The molecule has 0 fully saturated rings. The molecule has 0 atom stereocenters. The number of nitrogens with zero attached hydrogens (tertiary/aromatic N) is 2. The molecule has 0 saturated heterocycles. The largest absolute Gasteiger partial charge is 0.431 e. The molecule has 0 spiro atoms. The van der Waals surface area contributed by atoms with Crippen LogP contribution >= 0.6 is 23.4 Å². The Morgan fingerprint density at radius 1 is 1.29 bits per heavy atom. The summed E-state index contributed by atoms with van der Waals surface area (Å²) in [5.41, 5.74) is 1.39. The van der Waals surface area contributed by atoms with Crippen molar-refractivity contribution in [2.24, 2.45) is 0 Å². The Morgan fingerprint density at radius 2 is 2.04 bits per heavy atom. The fourth-order valence-electron chi connectivity index (χ4n) is 1.93. The molecule has 0 saturated carbocycles. The van der Waals surface area contributed by atoms with Gasteiger partial charge in [0.2, 0.25) is 5.91 Å². The number of non-ortho nitro benzene ring substituents is 1. The summed E-state index contributed by atoms with van der Waals surface area (Å²) in [6, 6.07) is 10.9. The van der Waals surface area contributed by atoms with E-state index in [9.17, 15) is 14.9 Å². The zero-order chi connectivity index (χ0) is 17.1. The molecule has 1 heterocycles. The van der Waals surface area contributed by atoms with E-state index < -0.39 is 4.92 Å². The number of carbonyl (C=O) groups is 1. The number of fused-ring (bicyclic) bond motifs is 1. The highest BCUT2D eigenvalue weighted by Gasteiger charge is 2.13. The third-order valence-electron chi connectivity index (χ3n) is 3.02. The van der Waals surface area contributed by atoms with Crippen molar-refractivity contribution < 1.29 is 14.1 Å². The fourth-order valence-corrected chi connectivity index (χ4v) is 2.69. The van der Waals surface area contributed by atoms with Crippen LogP contribution in [0.25, 0.3) is 11.1 Å². The van der Waals surface area contributed by atoms with E-state index in [1.807, 2.05) is 0 Å². The highest BCUT2D eigenvalue weighted by molar-refractivity contribution is 7.99. The molecule has 0 aliphatic rings. The smallest absolute Gasteiger partial charge is 0.271 e. The van der Waals surface area contributed by atoms with Gasteiger partial charge in [-0.05, 0) is 30.3 Å². The van der Waals surface area contributed by atoms with Crippen molar-refractivity contribution in [1.29, 1.82) is 0 Å². The van der Waals surface area contributed by atoms with E-state index in [1.165, 1.54) is 18.2 Å². The first-order valence-corrected chi connectivity index (χ1v) is 8.11. The Kier molecular flexibility index (Phi) is 4.68. The van der Waals surface area contributed by atoms with Crippen LogP contribution in [0.15, 0.2) is 52.1 Å². The molecule has 7 nitrogen and oxygen atoms in total. The Balaban J connectivity index is 1.63. The lowest BCUT2D eigenvalue weighted by molar-refractivity contribution is -0.384. The molecular weight excluding hydrogens is 354 g/mol. The number of nitro groups is 1. The highest BCUT2D eigenvalue weighted by atomic mass is 35.5. The van der Waals surface area contributed by atoms with Gasteiger partial charge in [0.25, 0.3) is 10.9 Å². The van der Waals surface area contributed by atoms with Gasteiger partial charge >= 0.3 is 0 Å². The second kappa shape index (κ2) is 6.90. The number of nitrogens with one attached hydrogen (secondary N) is 1. The quantitative estimate of drug-likeness (QED) is 0.416. The number of benzene rings is 2. The van der Waals surface area contributed by atoms with Gasteiger partial charge in [-0.3, -0.25) is 14.9 Å². The van der Waals surface area contributed by atoms with E-state index in [1.54, 1.807) is 24.3 Å². The van der Waals surface area contributed by atoms with Gasteiger partial charge in [0.1, 0.15) is 5.52 Å². The van der Waals surface area contributed by atoms with Crippen molar-refractivity contribution in [3.05, 3.63) is 57.6 Å². The van der Waals surface area contributed by atoms with Crippen LogP contribution in [0, 0.1) is 10.1 Å². The normalized spacial score (nSPS) is 10.7. The van der Waals surface area contributed by atoms with Crippen LogP contribution in [0.5, 0.6) is 0 Å². The molecule has 0 aliphatic heterocycles. The number of anilines is 1. The van der Waals surface area contributed by atoms with Crippen LogP contribution in [0.1, 0.15) is 0 Å². The molecule has 0 unspecified atom stereocenters. The van der Waals surface area contributed by atoms with Crippen LogP contribution < -0.4 is 5.32 Å². The lowest BCUT2D eigenvalue weighted by Crippen LogP contribution is -2.13. The SMILES string of the molecule is O=C(CSc1nc2cc([N+](=O)[O-])ccc2o1)Nc1ccc(Cl)cc1. The van der Waals surface area contributed by atoms with Crippen molar-refractivity contribution in [3.8, 4) is 0 Å². The first-order valence-electron chi connectivity index (χ1n) is 6.74. The third-order valence-corrected chi connectivity index (χ3v) is 4.10. The molecule has 0 aliphatic carbocycles. The molecule has 0 bridgehead atoms. The van der Waals surface area contributed by atoms with Crippen LogP contribution in [-0.4, -0.2) is 21.6 Å². The Bertz CT molecular complexity index is 911. The molecular formula is C15H10ClN3O4S. The molecule has 122 valence electrons. The summed E-state index contributed by atoms with van der Waals surface area (Å²) >= 11 is 6.88. The molecule has 0 radical (unpaired) electrons. The lowest BCUT2D eigenvalue weighted by Gasteiger charge is -2.03. The monoisotopic (exact) mass is 363 g/mol. The summed E-state index contributed by atoms with van der Waals surface area (Å²) in [4.78, 5) is 26.3. The number of nitro benzene ring substituents is 1. The van der Waals surface area contributed by atoms with Gasteiger partial charge in [-0.1, -0.05) is 23.4 Å². The maximum absolute atomic E-state index is 11.9. The number of amides is 1. The molecule has 24 heavy (non-hydrogen) atoms. The van der Waals surface area contributed by atoms with Crippen LogP contribution in [0.4, 0.5) is 11.4 Å². The van der Waals surface area contributed by atoms with Crippen molar-refractivity contribution in [3.63, 3.8) is 0 Å². The summed E-state index contributed by atoms with van der Waals surface area (Å²) in [6.07, 6.45) is 0. The van der Waals surface area contributed by atoms with Gasteiger partial charge in [0, 0.05) is 22.8 Å². The number of thioether (sulfide) groups is 1. The van der Waals surface area contributed by atoms with Gasteiger partial charge in [-0.2, -0.15) is 0 Å². The van der Waals surface area contributed by atoms with Crippen LogP contribution in [-0.2, 0) is 4.79 Å². The summed E-state index contributed by atoms with van der Waals surface area (Å²) in [5, 5.41) is 14.3. The number of carbonyl (C=O) groups excluding carboxylic acids is 1. The zero-order valence-electron chi connectivity index (χ0n) is 12.1. The Hall–Kier alpha value is -2.58. The minimum atomic E-state index is -0.500. The van der Waals surface area contributed by atoms with Gasteiger partial charge in [-0.25, -0.2) is 4.98 Å². The van der Waals surface area contributed by atoms with Crippen molar-refractivity contribution in [1.82, 2.24) is 4.98 Å². The van der Waals surface area contributed by atoms with E-state index >= 15 is 0 Å². The minimum Gasteiger partial charge on any atom is -0.431 e. The van der Waals surface area contributed by atoms with Crippen molar-refractivity contribution in [2.45, 2.75) is 5.22 Å². The predicted molar refractivity (Wildman–Crippen MR) is 91.5 cm³/mol. The number of oxazole rings is 1. The minimum absolute atomic E-state index is 0.0622. The number of halogens is 1. The zero-order valence-corrected chi connectivity index (χ0v) is 13.6. The number of hydrogen-bond acceptors (Lipinski definition) is 6. The van der Waals surface area contributed by atoms with Crippen LogP contribution in [0.3, 0.4) is 0 Å². The summed E-state index contributed by atoms with van der Waals surface area (Å²) in [7, 11) is 0. The summed E-state index contributed by atoms with van der Waals surface area (Å²) < 4.78 is 5.45. The van der Waals surface area contributed by atoms with Gasteiger partial charge in [0.05, 0.1) is 10.7 Å². The van der Waals surface area contributed by atoms with Crippen molar-refractivity contribution >= 4 is 51.7 Å². The standard InChI is InChI=1S/C15H10ClN3O4S/c16-9-1-3-10(4-2-9)17-14(20)8-24-15-18-12-7-11(19(21)22)5-6-13(12)23-15/h1-7H,8H2,(H,17,20). The fraction of sp³-hybridized carbons (Fsp3) is 0.0667. The van der Waals surface area contributed by atoms with E-state index in [0.29, 0.717) is 21.8 Å². The van der Waals surface area contributed by atoms with E-state index in [2.05, 4.69) is 10.3 Å². The second-order valence-electron chi connectivity index (χ2n) is 4.73. The maximum atomic E-state index is 11.9. The molecule has 1 amide bonds. The Labute approximate surface area is 145 Å². The molecule has 9 heteroatoms. The van der Waals surface area contributed by atoms with Crippen molar-refractivity contribution in [2.75, 3.05) is 11.1 Å². The summed E-state index contributed by atoms with van der Waals surface area (Å²) in [5.74, 6) is -0.132. The number of rotatable bonds is 5. The van der Waals surface area contributed by atoms with Gasteiger partial charge in [-0.15, -0.1) is 0 Å². The second-order valence-corrected chi connectivity index (χ2v) is 6.10. The molecule has 3 rings (SSSR count). The van der Waals surface area contributed by atoms with E-state index in [4.69, 9.17) is 16.0 Å². The number of aromatic nitrogens is 1. The van der Waals surface area contributed by atoms with E-state index in [-0.39, 0.29) is 22.6 Å². The molecule has 2 aromatic carbocycles. The summed E-state index contributed by atoms with van der Waals surface area (Å²) in [6.45, 7) is 0. The first kappa shape index (κ1) is 16.3. The molecule has 3 aromatic rings. The number of hydrogen-bond donors (Lipinski definition) is 1. The predicted octanol–water partition coefficient (Wildman–Crippen LogP) is 4.12. The Morgan fingerprint density at radius 3 is 2.75 bits per heavy atom. The van der Waals surface area contributed by atoms with Crippen LogP contribution in [0.2, 0.25) is 5.02 Å².